The molecule has 0 aliphatic carbocycles. The summed E-state index contributed by atoms with van der Waals surface area (Å²) < 4.78 is 27.9. The highest BCUT2D eigenvalue weighted by molar-refractivity contribution is 7.89. The van der Waals surface area contributed by atoms with Crippen LogP contribution in [0.4, 0.5) is 5.69 Å². The fourth-order valence-corrected chi connectivity index (χ4v) is 3.98. The molecule has 0 bridgehead atoms. The SMILES string of the molecule is Cc1cc(S(=O)(=O)N(C)C)cc(NC(=O)c2cnn(-c3ccccc3)c2C)c1C. The molecule has 1 aromatic heterocycles. The fourth-order valence-electron chi connectivity index (χ4n) is 2.97. The second-order valence-electron chi connectivity index (χ2n) is 7.05. The maximum Gasteiger partial charge on any atom is 0.259 e. The van der Waals surface area contributed by atoms with Gasteiger partial charge in [0, 0.05) is 19.8 Å². The van der Waals surface area contributed by atoms with Crippen LogP contribution in [-0.4, -0.2) is 42.5 Å². The van der Waals surface area contributed by atoms with Gasteiger partial charge in [0.1, 0.15) is 0 Å². The molecule has 0 fully saturated rings. The van der Waals surface area contributed by atoms with Crippen LogP contribution in [0.25, 0.3) is 5.69 Å². The van der Waals surface area contributed by atoms with Gasteiger partial charge in [-0.05, 0) is 56.2 Å². The summed E-state index contributed by atoms with van der Waals surface area (Å²) in [6.07, 6.45) is 1.51. The first-order valence-electron chi connectivity index (χ1n) is 9.08. The van der Waals surface area contributed by atoms with Crippen molar-refractivity contribution in [2.24, 2.45) is 0 Å². The van der Waals surface area contributed by atoms with Crippen molar-refractivity contribution in [1.29, 1.82) is 0 Å². The largest absolute Gasteiger partial charge is 0.322 e. The first-order chi connectivity index (χ1) is 13.6. The third kappa shape index (κ3) is 3.94. The van der Waals surface area contributed by atoms with Crippen LogP contribution in [0.3, 0.4) is 0 Å². The average Bonchev–Trinajstić information content (AvgIpc) is 3.07. The van der Waals surface area contributed by atoms with Gasteiger partial charge in [-0.25, -0.2) is 17.4 Å². The minimum atomic E-state index is -3.61. The summed E-state index contributed by atoms with van der Waals surface area (Å²) >= 11 is 0. The number of sulfonamides is 1. The van der Waals surface area contributed by atoms with E-state index in [1.165, 1.54) is 26.4 Å². The Morgan fingerprint density at radius 2 is 1.72 bits per heavy atom. The van der Waals surface area contributed by atoms with Gasteiger partial charge in [0.15, 0.2) is 0 Å². The standard InChI is InChI=1S/C21H24N4O3S/c1-14-11-18(29(27,28)24(4)5)12-20(15(14)2)23-21(26)19-13-22-25(16(19)3)17-9-7-6-8-10-17/h6-13H,1-5H3,(H,23,26). The van der Waals surface area contributed by atoms with Gasteiger partial charge < -0.3 is 5.32 Å². The van der Waals surface area contributed by atoms with Crippen molar-refractivity contribution >= 4 is 21.6 Å². The Labute approximate surface area is 171 Å². The van der Waals surface area contributed by atoms with Gasteiger partial charge in [-0.1, -0.05) is 18.2 Å². The summed E-state index contributed by atoms with van der Waals surface area (Å²) in [5, 5.41) is 7.17. The third-order valence-electron chi connectivity index (χ3n) is 4.92. The van der Waals surface area contributed by atoms with E-state index in [0.29, 0.717) is 16.9 Å². The lowest BCUT2D eigenvalue weighted by Gasteiger charge is -2.16. The van der Waals surface area contributed by atoms with E-state index in [9.17, 15) is 13.2 Å². The van der Waals surface area contributed by atoms with Crippen molar-refractivity contribution in [3.8, 4) is 5.69 Å². The summed E-state index contributed by atoms with van der Waals surface area (Å²) in [6, 6.07) is 12.6. The number of amides is 1. The van der Waals surface area contributed by atoms with Gasteiger partial charge >= 0.3 is 0 Å². The summed E-state index contributed by atoms with van der Waals surface area (Å²) in [5.74, 6) is -0.341. The number of anilines is 1. The number of para-hydroxylation sites is 1. The van der Waals surface area contributed by atoms with Crippen LogP contribution in [0.5, 0.6) is 0 Å². The van der Waals surface area contributed by atoms with Crippen LogP contribution in [0.15, 0.2) is 53.6 Å². The number of benzene rings is 2. The summed E-state index contributed by atoms with van der Waals surface area (Å²) in [7, 11) is -0.661. The molecule has 2 aromatic carbocycles. The Balaban J connectivity index is 1.96. The van der Waals surface area contributed by atoms with Crippen molar-refractivity contribution in [1.82, 2.24) is 14.1 Å². The number of hydrogen-bond acceptors (Lipinski definition) is 4. The zero-order valence-corrected chi connectivity index (χ0v) is 17.9. The van der Waals surface area contributed by atoms with Crippen LogP contribution in [-0.2, 0) is 10.0 Å². The average molecular weight is 413 g/mol. The Morgan fingerprint density at radius 3 is 2.34 bits per heavy atom. The van der Waals surface area contributed by atoms with Crippen LogP contribution in [0.2, 0.25) is 0 Å². The molecular formula is C21H24N4O3S. The number of nitrogens with one attached hydrogen (secondary N) is 1. The summed E-state index contributed by atoms with van der Waals surface area (Å²) in [5.41, 5.74) is 4.02. The Kier molecular flexibility index (Phi) is 5.59. The molecule has 3 rings (SSSR count). The van der Waals surface area contributed by atoms with Gasteiger partial charge in [0.2, 0.25) is 10.0 Å². The molecule has 8 heteroatoms. The molecule has 0 saturated carbocycles. The van der Waals surface area contributed by atoms with E-state index in [1.807, 2.05) is 51.1 Å². The quantitative estimate of drug-likeness (QED) is 0.697. The van der Waals surface area contributed by atoms with Gasteiger partial charge in [-0.3, -0.25) is 4.79 Å². The molecule has 0 unspecified atom stereocenters. The lowest BCUT2D eigenvalue weighted by Crippen LogP contribution is -2.23. The second kappa shape index (κ2) is 7.81. The number of aromatic nitrogens is 2. The molecule has 152 valence electrons. The molecule has 1 heterocycles. The highest BCUT2D eigenvalue weighted by atomic mass is 32.2. The zero-order valence-electron chi connectivity index (χ0n) is 17.1. The lowest BCUT2D eigenvalue weighted by atomic mass is 10.1. The molecule has 3 aromatic rings. The molecule has 0 saturated heterocycles. The molecule has 29 heavy (non-hydrogen) atoms. The molecule has 0 atom stereocenters. The highest BCUT2D eigenvalue weighted by Crippen LogP contribution is 2.26. The van der Waals surface area contributed by atoms with E-state index in [1.54, 1.807) is 10.7 Å². The van der Waals surface area contributed by atoms with E-state index in [2.05, 4.69) is 10.4 Å². The van der Waals surface area contributed by atoms with E-state index >= 15 is 0 Å². The van der Waals surface area contributed by atoms with Crippen molar-refractivity contribution in [3.05, 3.63) is 71.0 Å². The number of rotatable bonds is 5. The number of aryl methyl sites for hydroxylation is 1. The molecule has 1 amide bonds. The monoisotopic (exact) mass is 412 g/mol. The molecule has 7 nitrogen and oxygen atoms in total. The molecule has 0 aliphatic rings. The summed E-state index contributed by atoms with van der Waals surface area (Å²) in [6.45, 7) is 5.48. The van der Waals surface area contributed by atoms with Gasteiger partial charge in [0.05, 0.1) is 28.0 Å². The number of carbonyl (C=O) groups excluding carboxylic acids is 1. The molecule has 0 aliphatic heterocycles. The predicted octanol–water partition coefficient (Wildman–Crippen LogP) is 3.30. The number of hydrogen-bond donors (Lipinski definition) is 1. The minimum absolute atomic E-state index is 0.137. The normalized spacial score (nSPS) is 11.7. The van der Waals surface area contributed by atoms with E-state index in [-0.39, 0.29) is 10.8 Å². The van der Waals surface area contributed by atoms with Crippen molar-refractivity contribution in [3.63, 3.8) is 0 Å². The maximum atomic E-state index is 12.9. The molecule has 0 spiro atoms. The van der Waals surface area contributed by atoms with Gasteiger partial charge in [0.25, 0.3) is 5.91 Å². The van der Waals surface area contributed by atoms with Crippen LogP contribution in [0, 0.1) is 20.8 Å². The van der Waals surface area contributed by atoms with Gasteiger partial charge in [-0.2, -0.15) is 5.10 Å². The Bertz CT molecular complexity index is 1170. The van der Waals surface area contributed by atoms with Gasteiger partial charge in [-0.15, -0.1) is 0 Å². The van der Waals surface area contributed by atoms with Crippen LogP contribution >= 0.6 is 0 Å². The molecule has 1 N–H and O–H groups in total. The smallest absolute Gasteiger partial charge is 0.259 e. The van der Waals surface area contributed by atoms with Crippen LogP contribution < -0.4 is 5.32 Å². The maximum absolute atomic E-state index is 12.9. The van der Waals surface area contributed by atoms with E-state index < -0.39 is 10.0 Å². The van der Waals surface area contributed by atoms with E-state index in [4.69, 9.17) is 0 Å². The Morgan fingerprint density at radius 1 is 1.07 bits per heavy atom. The van der Waals surface area contributed by atoms with Crippen molar-refractivity contribution < 1.29 is 13.2 Å². The second-order valence-corrected chi connectivity index (χ2v) is 9.20. The fraction of sp³-hybridized carbons (Fsp3) is 0.238. The highest BCUT2D eigenvalue weighted by Gasteiger charge is 2.21. The predicted molar refractivity (Wildman–Crippen MR) is 113 cm³/mol. The zero-order chi connectivity index (χ0) is 21.3. The first kappa shape index (κ1) is 20.8. The third-order valence-corrected chi connectivity index (χ3v) is 6.72. The van der Waals surface area contributed by atoms with Crippen molar-refractivity contribution in [2.45, 2.75) is 25.7 Å². The lowest BCUT2D eigenvalue weighted by molar-refractivity contribution is 0.102. The number of carbonyl (C=O) groups is 1. The van der Waals surface area contributed by atoms with Crippen molar-refractivity contribution in [2.75, 3.05) is 19.4 Å². The number of nitrogens with zero attached hydrogens (tertiary/aromatic N) is 3. The minimum Gasteiger partial charge on any atom is -0.322 e. The molecule has 0 radical (unpaired) electrons. The Hall–Kier alpha value is -2.97. The van der Waals surface area contributed by atoms with E-state index in [0.717, 1.165) is 21.1 Å². The first-order valence-corrected chi connectivity index (χ1v) is 10.5. The molecular weight excluding hydrogens is 388 g/mol. The van der Waals surface area contributed by atoms with Crippen LogP contribution in [0.1, 0.15) is 27.2 Å². The summed E-state index contributed by atoms with van der Waals surface area (Å²) in [4.78, 5) is 13.1. The topological polar surface area (TPSA) is 84.3 Å².